The first-order valence-electron chi connectivity index (χ1n) is 8.06. The maximum Gasteiger partial charge on any atom is 0.338 e. The molecule has 142 valence electrons. The molecule has 0 aliphatic heterocycles. The summed E-state index contributed by atoms with van der Waals surface area (Å²) in [4.78, 5) is 46.7. The second-order valence-electron chi connectivity index (χ2n) is 5.76. The van der Waals surface area contributed by atoms with Crippen molar-refractivity contribution in [2.45, 2.75) is 20.3 Å². The molecular formula is C18H18N2O6S. The van der Waals surface area contributed by atoms with Crippen molar-refractivity contribution in [3.05, 3.63) is 61.3 Å². The molecule has 1 heterocycles. The molecule has 0 atom stereocenters. The smallest absolute Gasteiger partial charge is 0.338 e. The summed E-state index contributed by atoms with van der Waals surface area (Å²) in [5.41, 5.74) is 0.393. The van der Waals surface area contributed by atoms with E-state index in [-0.39, 0.29) is 22.9 Å². The number of ether oxygens (including phenoxy) is 1. The summed E-state index contributed by atoms with van der Waals surface area (Å²) < 4.78 is 5.01. The van der Waals surface area contributed by atoms with Crippen LogP contribution < -0.4 is 5.32 Å². The van der Waals surface area contributed by atoms with Crippen LogP contribution in [0.4, 0.5) is 5.69 Å². The van der Waals surface area contributed by atoms with E-state index in [1.807, 2.05) is 0 Å². The van der Waals surface area contributed by atoms with Gasteiger partial charge in [-0.1, -0.05) is 0 Å². The van der Waals surface area contributed by atoms with Gasteiger partial charge in [0.1, 0.15) is 0 Å². The number of aryl methyl sites for hydroxylation is 1. The number of ketones is 1. The number of esters is 1. The van der Waals surface area contributed by atoms with E-state index < -0.39 is 17.5 Å². The van der Waals surface area contributed by atoms with E-state index in [0.717, 1.165) is 4.88 Å². The number of rotatable bonds is 8. The van der Waals surface area contributed by atoms with Crippen LogP contribution in [0.3, 0.4) is 0 Å². The van der Waals surface area contributed by atoms with Gasteiger partial charge in [-0.25, -0.2) is 4.79 Å². The van der Waals surface area contributed by atoms with Gasteiger partial charge in [-0.2, -0.15) is 0 Å². The van der Waals surface area contributed by atoms with E-state index in [2.05, 4.69) is 5.32 Å². The van der Waals surface area contributed by atoms with Crippen LogP contribution in [0.2, 0.25) is 0 Å². The van der Waals surface area contributed by atoms with Crippen molar-refractivity contribution in [1.29, 1.82) is 0 Å². The number of amides is 1. The fraction of sp³-hybridized carbons (Fsp3) is 0.278. The number of nitrogens with one attached hydrogen (secondary N) is 1. The molecule has 0 unspecified atom stereocenters. The molecule has 0 aliphatic rings. The van der Waals surface area contributed by atoms with Gasteiger partial charge in [-0.15, -0.1) is 11.3 Å². The van der Waals surface area contributed by atoms with Crippen LogP contribution in [-0.2, 0) is 16.0 Å². The number of nitro benzene ring substituents is 1. The maximum absolute atomic E-state index is 12.2. The topological polar surface area (TPSA) is 116 Å². The molecule has 27 heavy (non-hydrogen) atoms. The normalized spacial score (nSPS) is 10.3. The maximum atomic E-state index is 12.2. The van der Waals surface area contributed by atoms with Gasteiger partial charge in [0.05, 0.1) is 15.4 Å². The van der Waals surface area contributed by atoms with Crippen molar-refractivity contribution in [2.24, 2.45) is 0 Å². The van der Waals surface area contributed by atoms with Crippen LogP contribution in [-0.4, -0.2) is 35.7 Å². The Kier molecular flexibility index (Phi) is 6.78. The van der Waals surface area contributed by atoms with Gasteiger partial charge in [0.25, 0.3) is 5.69 Å². The van der Waals surface area contributed by atoms with E-state index >= 15 is 0 Å². The number of nitrogens with zero attached hydrogens (tertiary/aromatic N) is 1. The lowest BCUT2D eigenvalue weighted by Gasteiger charge is -2.04. The molecule has 8 nitrogen and oxygen atoms in total. The molecule has 2 aromatic rings. The number of carbonyl (C=O) groups is 3. The highest BCUT2D eigenvalue weighted by molar-refractivity contribution is 7.14. The largest absolute Gasteiger partial charge is 0.454 e. The zero-order valence-corrected chi connectivity index (χ0v) is 15.6. The van der Waals surface area contributed by atoms with E-state index in [4.69, 9.17) is 4.74 Å². The van der Waals surface area contributed by atoms with Crippen molar-refractivity contribution in [2.75, 3.05) is 13.2 Å². The van der Waals surface area contributed by atoms with Crippen molar-refractivity contribution in [3.8, 4) is 0 Å². The quantitative estimate of drug-likeness (QED) is 0.321. The molecule has 0 spiro atoms. The monoisotopic (exact) mass is 390 g/mol. The molecule has 9 heteroatoms. The van der Waals surface area contributed by atoms with Crippen LogP contribution in [0.1, 0.15) is 37.4 Å². The van der Waals surface area contributed by atoms with Gasteiger partial charge in [-0.3, -0.25) is 19.7 Å². The first-order valence-corrected chi connectivity index (χ1v) is 8.88. The number of hydrogen-bond donors (Lipinski definition) is 1. The average Bonchev–Trinajstić information content (AvgIpc) is 3.07. The highest BCUT2D eigenvalue weighted by Crippen LogP contribution is 2.20. The summed E-state index contributed by atoms with van der Waals surface area (Å²) in [5, 5.41) is 13.5. The number of nitro groups is 1. The molecule has 0 radical (unpaired) electrons. The molecule has 1 aromatic heterocycles. The summed E-state index contributed by atoms with van der Waals surface area (Å²) >= 11 is 1.28. The number of carbonyl (C=O) groups excluding carboxylic acids is 3. The lowest BCUT2D eigenvalue weighted by atomic mass is 10.1. The lowest BCUT2D eigenvalue weighted by molar-refractivity contribution is -0.385. The molecule has 0 saturated heterocycles. The van der Waals surface area contributed by atoms with Gasteiger partial charge in [-0.05, 0) is 37.6 Å². The Hall–Kier alpha value is -3.07. The van der Waals surface area contributed by atoms with Crippen molar-refractivity contribution in [3.63, 3.8) is 0 Å². The Morgan fingerprint density at radius 3 is 2.59 bits per heavy atom. The van der Waals surface area contributed by atoms with Gasteiger partial charge in [0.2, 0.25) is 11.7 Å². The molecule has 0 aliphatic carbocycles. The van der Waals surface area contributed by atoms with E-state index in [1.165, 1.54) is 43.4 Å². The molecule has 2 rings (SSSR count). The second kappa shape index (κ2) is 9.04. The van der Waals surface area contributed by atoms with Gasteiger partial charge in [0, 0.05) is 30.0 Å². The van der Waals surface area contributed by atoms with Gasteiger partial charge >= 0.3 is 5.97 Å². The summed E-state index contributed by atoms with van der Waals surface area (Å²) in [7, 11) is 0. The Bertz CT molecular complexity index is 890. The molecular weight excluding hydrogens is 372 g/mol. The standard InChI is InChI=1S/C18H18N2O6S/c1-11-9-13(3-5-15(11)20(24)25)18(23)26-10-16(22)17-6-4-14(27-17)7-8-19-12(2)21/h3-6,9H,7-8,10H2,1-2H3,(H,19,21). The van der Waals surface area contributed by atoms with Crippen LogP contribution in [0.25, 0.3) is 0 Å². The Morgan fingerprint density at radius 1 is 1.22 bits per heavy atom. The van der Waals surface area contributed by atoms with Crippen LogP contribution in [0.5, 0.6) is 0 Å². The predicted molar refractivity (Wildman–Crippen MR) is 99.2 cm³/mol. The van der Waals surface area contributed by atoms with E-state index in [0.29, 0.717) is 23.4 Å². The number of thiophene rings is 1. The molecule has 0 saturated carbocycles. The zero-order chi connectivity index (χ0) is 20.0. The highest BCUT2D eigenvalue weighted by atomic mass is 32.1. The van der Waals surface area contributed by atoms with Gasteiger partial charge in [0.15, 0.2) is 6.61 Å². The van der Waals surface area contributed by atoms with E-state index in [1.54, 1.807) is 12.1 Å². The fourth-order valence-corrected chi connectivity index (χ4v) is 3.23. The second-order valence-corrected chi connectivity index (χ2v) is 6.92. The third kappa shape index (κ3) is 5.71. The first kappa shape index (κ1) is 20.2. The first-order chi connectivity index (χ1) is 12.8. The van der Waals surface area contributed by atoms with E-state index in [9.17, 15) is 24.5 Å². The molecule has 1 amide bonds. The number of Topliss-reactive ketones (excluding diaryl/α,β-unsaturated/α-hetero) is 1. The summed E-state index contributed by atoms with van der Waals surface area (Å²) in [6.07, 6.45) is 0.611. The third-order valence-electron chi connectivity index (χ3n) is 3.65. The summed E-state index contributed by atoms with van der Waals surface area (Å²) in [5.74, 6) is -1.17. The summed E-state index contributed by atoms with van der Waals surface area (Å²) in [6.45, 7) is 3.02. The fourth-order valence-electron chi connectivity index (χ4n) is 2.30. The third-order valence-corrected chi connectivity index (χ3v) is 4.83. The minimum absolute atomic E-state index is 0.0898. The minimum atomic E-state index is -0.719. The number of benzene rings is 1. The lowest BCUT2D eigenvalue weighted by Crippen LogP contribution is -2.22. The minimum Gasteiger partial charge on any atom is -0.454 e. The van der Waals surface area contributed by atoms with Crippen molar-refractivity contribution in [1.82, 2.24) is 5.32 Å². The number of hydrogen-bond acceptors (Lipinski definition) is 7. The molecule has 1 aromatic carbocycles. The van der Waals surface area contributed by atoms with Crippen LogP contribution in [0, 0.1) is 17.0 Å². The van der Waals surface area contributed by atoms with Gasteiger partial charge < -0.3 is 10.1 Å². The molecule has 1 N–H and O–H groups in total. The highest BCUT2D eigenvalue weighted by Gasteiger charge is 2.17. The Balaban J connectivity index is 1.90. The van der Waals surface area contributed by atoms with Crippen molar-refractivity contribution < 1.29 is 24.0 Å². The molecule has 0 bridgehead atoms. The Labute approximate surface area is 159 Å². The summed E-state index contributed by atoms with van der Waals surface area (Å²) in [6, 6.07) is 7.33. The predicted octanol–water partition coefficient (Wildman–Crippen LogP) is 2.68. The Morgan fingerprint density at radius 2 is 1.96 bits per heavy atom. The molecule has 0 fully saturated rings. The van der Waals surface area contributed by atoms with Crippen LogP contribution >= 0.6 is 11.3 Å². The zero-order valence-electron chi connectivity index (χ0n) is 14.8. The average molecular weight is 390 g/mol. The SMILES string of the molecule is CC(=O)NCCc1ccc(C(=O)COC(=O)c2ccc([N+](=O)[O-])c(C)c2)s1. The van der Waals surface area contributed by atoms with Crippen LogP contribution in [0.15, 0.2) is 30.3 Å². The van der Waals surface area contributed by atoms with Crippen molar-refractivity contribution >= 4 is 34.7 Å².